The topological polar surface area (TPSA) is 53.2 Å². The van der Waals surface area contributed by atoms with Crippen LogP contribution in [0.3, 0.4) is 0 Å². The van der Waals surface area contributed by atoms with Gasteiger partial charge in [-0.2, -0.15) is 14.0 Å². The highest BCUT2D eigenvalue weighted by atomic mass is 19.3. The van der Waals surface area contributed by atoms with E-state index < -0.39 is 18.1 Å². The minimum absolute atomic E-state index is 0.0456. The Morgan fingerprint density at radius 3 is 2.33 bits per heavy atom. The van der Waals surface area contributed by atoms with E-state index in [-0.39, 0.29) is 5.75 Å². The molecule has 0 spiro atoms. The quantitative estimate of drug-likeness (QED) is 0.912. The zero-order valence-electron chi connectivity index (χ0n) is 11.9. The molecule has 1 aromatic rings. The van der Waals surface area contributed by atoms with E-state index in [1.807, 2.05) is 0 Å². The van der Waals surface area contributed by atoms with Crippen molar-refractivity contribution in [2.45, 2.75) is 45.3 Å². The summed E-state index contributed by atoms with van der Waals surface area (Å²) in [6.45, 7) is -0.726. The molecule has 1 N–H and O–H groups in total. The van der Waals surface area contributed by atoms with Gasteiger partial charge in [-0.15, -0.1) is 0 Å². The molecule has 0 saturated heterocycles. The van der Waals surface area contributed by atoms with Gasteiger partial charge in [-0.05, 0) is 49.3 Å². The lowest BCUT2D eigenvalue weighted by atomic mass is 9.67. The van der Waals surface area contributed by atoms with Crippen LogP contribution in [0, 0.1) is 22.7 Å². The number of hydrogen-bond donors (Lipinski definition) is 1. The second kappa shape index (κ2) is 6.40. The predicted molar refractivity (Wildman–Crippen MR) is 73.7 cm³/mol. The molecule has 21 heavy (non-hydrogen) atoms. The van der Waals surface area contributed by atoms with Crippen molar-refractivity contribution < 1.29 is 18.6 Å². The van der Waals surface area contributed by atoms with Gasteiger partial charge < -0.3 is 9.84 Å². The van der Waals surface area contributed by atoms with E-state index >= 15 is 0 Å². The minimum atomic E-state index is -2.87. The van der Waals surface area contributed by atoms with Crippen LogP contribution in [0.15, 0.2) is 24.3 Å². The van der Waals surface area contributed by atoms with Crippen molar-refractivity contribution in [3.8, 4) is 11.8 Å². The third-order valence-corrected chi connectivity index (χ3v) is 4.33. The fourth-order valence-corrected chi connectivity index (χ4v) is 2.87. The first kappa shape index (κ1) is 15.7. The first-order valence-electron chi connectivity index (χ1n) is 7.11. The van der Waals surface area contributed by atoms with Gasteiger partial charge in [-0.1, -0.05) is 19.1 Å². The Kier molecular flexibility index (Phi) is 4.79. The van der Waals surface area contributed by atoms with Gasteiger partial charge in [0.15, 0.2) is 0 Å². The van der Waals surface area contributed by atoms with Gasteiger partial charge in [0, 0.05) is 0 Å². The average Bonchev–Trinajstić information content (AvgIpc) is 2.48. The molecule has 5 heteroatoms. The Balaban J connectivity index is 2.14. The second-order valence-corrected chi connectivity index (χ2v) is 5.80. The van der Waals surface area contributed by atoms with Crippen molar-refractivity contribution in [3.05, 3.63) is 29.8 Å². The number of alkyl halides is 2. The summed E-state index contributed by atoms with van der Waals surface area (Å²) in [5.74, 6) is 0.615. The maximum absolute atomic E-state index is 12.1. The maximum atomic E-state index is 12.1. The van der Waals surface area contributed by atoms with Crippen LogP contribution in [0.25, 0.3) is 0 Å². The average molecular weight is 295 g/mol. The number of nitriles is 1. The first-order valence-corrected chi connectivity index (χ1v) is 7.11. The lowest BCUT2D eigenvalue weighted by molar-refractivity contribution is -0.0499. The molecule has 1 aliphatic carbocycles. The monoisotopic (exact) mass is 295 g/mol. The molecule has 0 heterocycles. The molecule has 114 valence electrons. The molecule has 0 radical (unpaired) electrons. The van der Waals surface area contributed by atoms with E-state index in [4.69, 9.17) is 0 Å². The summed E-state index contributed by atoms with van der Waals surface area (Å²) in [7, 11) is 0. The summed E-state index contributed by atoms with van der Waals surface area (Å²) in [6.07, 6.45) is 2.23. The molecule has 1 aromatic carbocycles. The van der Waals surface area contributed by atoms with Crippen molar-refractivity contribution in [1.29, 1.82) is 5.26 Å². The van der Waals surface area contributed by atoms with Crippen LogP contribution in [-0.4, -0.2) is 11.7 Å². The van der Waals surface area contributed by atoms with Crippen LogP contribution in [0.5, 0.6) is 5.75 Å². The number of nitrogens with zero attached hydrogens (tertiary/aromatic N) is 1. The number of ether oxygens (including phenoxy) is 1. The van der Waals surface area contributed by atoms with Gasteiger partial charge in [0.1, 0.15) is 5.75 Å². The summed E-state index contributed by atoms with van der Waals surface area (Å²) in [4.78, 5) is 0. The molecule has 0 amide bonds. The van der Waals surface area contributed by atoms with Gasteiger partial charge in [0.2, 0.25) is 0 Å². The van der Waals surface area contributed by atoms with E-state index in [9.17, 15) is 19.1 Å². The number of aliphatic hydroxyl groups excluding tert-OH is 1. The highest BCUT2D eigenvalue weighted by Crippen LogP contribution is 2.47. The molecule has 0 aromatic heterocycles. The molecule has 0 bridgehead atoms. The van der Waals surface area contributed by atoms with E-state index in [1.54, 1.807) is 12.1 Å². The van der Waals surface area contributed by atoms with Crippen molar-refractivity contribution in [1.82, 2.24) is 0 Å². The molecule has 0 aliphatic heterocycles. The Morgan fingerprint density at radius 2 is 1.86 bits per heavy atom. The molecule has 1 aliphatic rings. The van der Waals surface area contributed by atoms with Crippen LogP contribution >= 0.6 is 0 Å². The second-order valence-electron chi connectivity index (χ2n) is 5.80. The van der Waals surface area contributed by atoms with E-state index in [0.29, 0.717) is 24.3 Å². The van der Waals surface area contributed by atoms with Crippen molar-refractivity contribution in [3.63, 3.8) is 0 Å². The third-order valence-electron chi connectivity index (χ3n) is 4.33. The molecule has 1 saturated carbocycles. The number of aliphatic hydroxyl groups is 1. The summed E-state index contributed by atoms with van der Waals surface area (Å²) in [5.41, 5.74) is -0.217. The van der Waals surface area contributed by atoms with Gasteiger partial charge in [-0.3, -0.25) is 0 Å². The highest BCUT2D eigenvalue weighted by Gasteiger charge is 2.41. The Morgan fingerprint density at radius 1 is 1.29 bits per heavy atom. The largest absolute Gasteiger partial charge is 0.435 e. The van der Waals surface area contributed by atoms with Gasteiger partial charge >= 0.3 is 6.61 Å². The van der Waals surface area contributed by atoms with E-state index in [1.165, 1.54) is 12.1 Å². The Hall–Kier alpha value is -1.67. The van der Waals surface area contributed by atoms with Crippen LogP contribution in [-0.2, 0) is 0 Å². The SMILES string of the molecule is CC1CCC(C#N)(C(O)c2ccc(OC(F)F)cc2)CC1. The van der Waals surface area contributed by atoms with Crippen molar-refractivity contribution >= 4 is 0 Å². The number of rotatable bonds is 4. The normalized spacial score (nSPS) is 27.1. The molecule has 1 atom stereocenters. The zero-order chi connectivity index (χ0) is 15.5. The lowest BCUT2D eigenvalue weighted by Crippen LogP contribution is -2.32. The van der Waals surface area contributed by atoms with E-state index in [2.05, 4.69) is 17.7 Å². The summed E-state index contributed by atoms with van der Waals surface area (Å²) < 4.78 is 28.5. The third kappa shape index (κ3) is 3.51. The molecule has 2 rings (SSSR count). The predicted octanol–water partition coefficient (Wildman–Crippen LogP) is 4.04. The highest BCUT2D eigenvalue weighted by molar-refractivity contribution is 5.31. The zero-order valence-corrected chi connectivity index (χ0v) is 11.9. The summed E-state index contributed by atoms with van der Waals surface area (Å²) in [6, 6.07) is 8.14. The number of benzene rings is 1. The standard InChI is InChI=1S/C16H19F2NO2/c1-11-6-8-16(10-19,9-7-11)14(20)12-2-4-13(5-3-12)21-15(17)18/h2-5,11,14-15,20H,6-9H2,1H3. The molecular weight excluding hydrogens is 276 g/mol. The fraction of sp³-hybridized carbons (Fsp3) is 0.562. The number of halogens is 2. The Labute approximate surface area is 123 Å². The van der Waals surface area contributed by atoms with Crippen LogP contribution in [0.2, 0.25) is 0 Å². The van der Waals surface area contributed by atoms with Crippen LogP contribution < -0.4 is 4.74 Å². The molecule has 1 unspecified atom stereocenters. The van der Waals surface area contributed by atoms with Crippen LogP contribution in [0.1, 0.15) is 44.3 Å². The van der Waals surface area contributed by atoms with Gasteiger partial charge in [0.25, 0.3) is 0 Å². The first-order chi connectivity index (χ1) is 9.97. The van der Waals surface area contributed by atoms with Crippen molar-refractivity contribution in [2.75, 3.05) is 0 Å². The molecule has 1 fully saturated rings. The van der Waals surface area contributed by atoms with Crippen molar-refractivity contribution in [2.24, 2.45) is 11.3 Å². The van der Waals surface area contributed by atoms with Gasteiger partial charge in [0.05, 0.1) is 17.6 Å². The smallest absolute Gasteiger partial charge is 0.387 e. The number of hydrogen-bond acceptors (Lipinski definition) is 3. The fourth-order valence-electron chi connectivity index (χ4n) is 2.87. The summed E-state index contributed by atoms with van der Waals surface area (Å²) in [5, 5.41) is 20.0. The van der Waals surface area contributed by atoms with Gasteiger partial charge in [-0.25, -0.2) is 0 Å². The van der Waals surface area contributed by atoms with Crippen LogP contribution in [0.4, 0.5) is 8.78 Å². The lowest BCUT2D eigenvalue weighted by Gasteiger charge is -2.37. The summed E-state index contributed by atoms with van der Waals surface area (Å²) >= 11 is 0. The maximum Gasteiger partial charge on any atom is 0.387 e. The minimum Gasteiger partial charge on any atom is -0.435 e. The van der Waals surface area contributed by atoms with E-state index in [0.717, 1.165) is 12.8 Å². The molecule has 3 nitrogen and oxygen atoms in total. The Bertz CT molecular complexity index is 502. The molecular formula is C16H19F2NO2.